The molecule has 0 saturated carbocycles. The van der Waals surface area contributed by atoms with Gasteiger partial charge in [-0.2, -0.15) is 0 Å². The van der Waals surface area contributed by atoms with Crippen molar-refractivity contribution in [2.75, 3.05) is 19.0 Å². The van der Waals surface area contributed by atoms with Crippen LogP contribution in [0.2, 0.25) is 0 Å². The smallest absolute Gasteiger partial charge is 0.0913 e. The van der Waals surface area contributed by atoms with Gasteiger partial charge in [0.05, 0.1) is 29.6 Å². The van der Waals surface area contributed by atoms with Crippen LogP contribution >= 0.6 is 23.2 Å². The number of ether oxygens (including phenoxy) is 1. The number of hydrogen-bond acceptors (Lipinski definition) is 3. The quantitative estimate of drug-likeness (QED) is 0.536. The Kier molecular flexibility index (Phi) is 8.09. The van der Waals surface area contributed by atoms with Crippen LogP contribution in [0.3, 0.4) is 0 Å². The maximum absolute atomic E-state index is 9.59. The standard InChI is InChI=1S/C19H31Cl2NO2/c1-13-4-6-16(7-5-13)22-9-8-17(12-22)24-19(11-20)18(21)10-14(2)15(3)23/h4,10,15-19,23H,5-9,11-12H2,1-3H3/b14-10+. The minimum Gasteiger partial charge on any atom is -0.389 e. The summed E-state index contributed by atoms with van der Waals surface area (Å²) in [6.45, 7) is 7.89. The second-order valence-electron chi connectivity index (χ2n) is 7.24. The van der Waals surface area contributed by atoms with Gasteiger partial charge in [0.1, 0.15) is 0 Å². The molecule has 1 aliphatic heterocycles. The van der Waals surface area contributed by atoms with E-state index in [1.54, 1.807) is 6.92 Å². The summed E-state index contributed by atoms with van der Waals surface area (Å²) in [6.07, 6.45) is 8.38. The van der Waals surface area contributed by atoms with Crippen LogP contribution in [0.25, 0.3) is 0 Å². The second-order valence-corrected chi connectivity index (χ2v) is 8.06. The SMILES string of the molecule is CC1=CCC(N2CCC(OC(CCl)C(Cl)/C=C(\C)C(C)O)C2)CC1. The molecule has 1 saturated heterocycles. The van der Waals surface area contributed by atoms with Gasteiger partial charge in [-0.15, -0.1) is 23.2 Å². The molecule has 1 aliphatic carbocycles. The van der Waals surface area contributed by atoms with Crippen molar-refractivity contribution in [3.05, 3.63) is 23.3 Å². The number of aliphatic hydroxyl groups is 1. The lowest BCUT2D eigenvalue weighted by Crippen LogP contribution is -2.37. The van der Waals surface area contributed by atoms with E-state index in [1.807, 2.05) is 13.0 Å². The third kappa shape index (κ3) is 5.74. The lowest BCUT2D eigenvalue weighted by Gasteiger charge is -2.30. The van der Waals surface area contributed by atoms with Crippen LogP contribution in [0.15, 0.2) is 23.3 Å². The zero-order chi connectivity index (χ0) is 17.7. The average molecular weight is 376 g/mol. The second kappa shape index (κ2) is 9.59. The third-order valence-corrected chi connectivity index (χ3v) is 5.97. The molecule has 0 aromatic heterocycles. The summed E-state index contributed by atoms with van der Waals surface area (Å²) < 4.78 is 6.20. The molecule has 5 heteroatoms. The van der Waals surface area contributed by atoms with Gasteiger partial charge in [0, 0.05) is 19.1 Å². The first-order chi connectivity index (χ1) is 11.4. The van der Waals surface area contributed by atoms with Gasteiger partial charge in [-0.1, -0.05) is 17.7 Å². The van der Waals surface area contributed by atoms with Gasteiger partial charge in [0.25, 0.3) is 0 Å². The maximum Gasteiger partial charge on any atom is 0.0913 e. The van der Waals surface area contributed by atoms with Crippen LogP contribution in [0, 0.1) is 0 Å². The van der Waals surface area contributed by atoms with E-state index in [1.165, 1.54) is 18.4 Å². The topological polar surface area (TPSA) is 32.7 Å². The molecule has 2 rings (SSSR count). The number of allylic oxidation sites excluding steroid dienone is 1. The molecule has 5 atom stereocenters. The zero-order valence-corrected chi connectivity index (χ0v) is 16.6. The van der Waals surface area contributed by atoms with Crippen LogP contribution in [0.4, 0.5) is 0 Å². The molecule has 138 valence electrons. The predicted octanol–water partition coefficient (Wildman–Crippen LogP) is 4.12. The molecule has 0 spiro atoms. The molecule has 24 heavy (non-hydrogen) atoms. The molecule has 5 unspecified atom stereocenters. The highest BCUT2D eigenvalue weighted by atomic mass is 35.5. The van der Waals surface area contributed by atoms with E-state index in [2.05, 4.69) is 17.9 Å². The largest absolute Gasteiger partial charge is 0.389 e. The summed E-state index contributed by atoms with van der Waals surface area (Å²) in [7, 11) is 0. The highest BCUT2D eigenvalue weighted by Gasteiger charge is 2.32. The average Bonchev–Trinajstić information content (AvgIpc) is 3.01. The Hall–Kier alpha value is -0.0600. The van der Waals surface area contributed by atoms with Gasteiger partial charge in [0.2, 0.25) is 0 Å². The van der Waals surface area contributed by atoms with Gasteiger partial charge >= 0.3 is 0 Å². The summed E-state index contributed by atoms with van der Waals surface area (Å²) in [5.74, 6) is 0.361. The summed E-state index contributed by atoms with van der Waals surface area (Å²) in [5, 5.41) is 9.28. The van der Waals surface area contributed by atoms with Crippen LogP contribution in [0.1, 0.15) is 46.5 Å². The Labute approximate surface area is 156 Å². The maximum atomic E-state index is 9.59. The molecule has 0 aromatic rings. The Morgan fingerprint density at radius 3 is 2.83 bits per heavy atom. The highest BCUT2D eigenvalue weighted by molar-refractivity contribution is 6.24. The van der Waals surface area contributed by atoms with E-state index in [-0.39, 0.29) is 17.6 Å². The molecule has 0 radical (unpaired) electrons. The summed E-state index contributed by atoms with van der Waals surface area (Å²) in [4.78, 5) is 2.55. The molecule has 1 fully saturated rings. The van der Waals surface area contributed by atoms with E-state index in [9.17, 15) is 5.11 Å². The van der Waals surface area contributed by atoms with Crippen molar-refractivity contribution >= 4 is 23.2 Å². The summed E-state index contributed by atoms with van der Waals surface area (Å²) in [5.41, 5.74) is 2.37. The lowest BCUT2D eigenvalue weighted by molar-refractivity contribution is 0.00653. The van der Waals surface area contributed by atoms with E-state index in [0.717, 1.165) is 31.5 Å². The van der Waals surface area contributed by atoms with Crippen molar-refractivity contribution in [2.45, 2.75) is 76.2 Å². The fraction of sp³-hybridized carbons (Fsp3) is 0.789. The number of aliphatic hydroxyl groups excluding tert-OH is 1. The highest BCUT2D eigenvalue weighted by Crippen LogP contribution is 2.27. The van der Waals surface area contributed by atoms with Crippen molar-refractivity contribution in [2.24, 2.45) is 0 Å². The van der Waals surface area contributed by atoms with Crippen molar-refractivity contribution in [3.63, 3.8) is 0 Å². The number of hydrogen-bond donors (Lipinski definition) is 1. The van der Waals surface area contributed by atoms with E-state index in [4.69, 9.17) is 27.9 Å². The molecule has 1 N–H and O–H groups in total. The number of likely N-dealkylation sites (tertiary alicyclic amines) is 1. The van der Waals surface area contributed by atoms with Crippen molar-refractivity contribution in [1.82, 2.24) is 4.90 Å². The Bertz CT molecular complexity index is 464. The fourth-order valence-corrected chi connectivity index (χ4v) is 4.12. The molecule has 2 aliphatic rings. The minimum absolute atomic E-state index is 0.197. The van der Waals surface area contributed by atoms with E-state index < -0.39 is 6.10 Å². The molecule has 0 amide bonds. The van der Waals surface area contributed by atoms with E-state index in [0.29, 0.717) is 11.9 Å². The first-order valence-electron chi connectivity index (χ1n) is 9.02. The Morgan fingerprint density at radius 2 is 2.25 bits per heavy atom. The van der Waals surface area contributed by atoms with Crippen LogP contribution in [0.5, 0.6) is 0 Å². The first kappa shape index (κ1) is 20.3. The van der Waals surface area contributed by atoms with Crippen molar-refractivity contribution in [1.29, 1.82) is 0 Å². The van der Waals surface area contributed by atoms with Gasteiger partial charge in [-0.05, 0) is 52.0 Å². The third-order valence-electron chi connectivity index (χ3n) is 5.26. The molecule has 1 heterocycles. The van der Waals surface area contributed by atoms with Gasteiger partial charge in [0.15, 0.2) is 0 Å². The molecule has 3 nitrogen and oxygen atoms in total. The number of halogens is 2. The number of rotatable bonds is 7. The van der Waals surface area contributed by atoms with Crippen molar-refractivity contribution < 1.29 is 9.84 Å². The minimum atomic E-state index is -0.494. The monoisotopic (exact) mass is 375 g/mol. The molecule has 0 aromatic carbocycles. The number of nitrogens with zero attached hydrogens (tertiary/aromatic N) is 1. The number of alkyl halides is 2. The predicted molar refractivity (Wildman–Crippen MR) is 102 cm³/mol. The fourth-order valence-electron chi connectivity index (χ4n) is 3.42. The van der Waals surface area contributed by atoms with E-state index >= 15 is 0 Å². The first-order valence-corrected chi connectivity index (χ1v) is 9.99. The normalized spacial score (nSPS) is 30.1. The summed E-state index contributed by atoms with van der Waals surface area (Å²) in [6, 6.07) is 0.654. The van der Waals surface area contributed by atoms with Crippen LogP contribution < -0.4 is 0 Å². The van der Waals surface area contributed by atoms with Crippen LogP contribution in [-0.2, 0) is 4.74 Å². The van der Waals surface area contributed by atoms with Gasteiger partial charge in [-0.25, -0.2) is 0 Å². The zero-order valence-electron chi connectivity index (χ0n) is 15.0. The lowest BCUT2D eigenvalue weighted by atomic mass is 9.95. The van der Waals surface area contributed by atoms with Crippen molar-refractivity contribution in [3.8, 4) is 0 Å². The molecular weight excluding hydrogens is 345 g/mol. The summed E-state index contributed by atoms with van der Waals surface area (Å²) >= 11 is 12.5. The van der Waals surface area contributed by atoms with Crippen LogP contribution in [-0.4, -0.2) is 58.7 Å². The Balaban J connectivity index is 1.85. The molecule has 0 bridgehead atoms. The van der Waals surface area contributed by atoms with Gasteiger partial charge in [-0.3, -0.25) is 4.90 Å². The van der Waals surface area contributed by atoms with Gasteiger partial charge < -0.3 is 9.84 Å². The Morgan fingerprint density at radius 1 is 1.50 bits per heavy atom. The molecular formula is C19H31Cl2NO2.